The van der Waals surface area contributed by atoms with Gasteiger partial charge in [0.05, 0.1) is 11.4 Å². The van der Waals surface area contributed by atoms with Crippen molar-refractivity contribution in [3.05, 3.63) is 29.3 Å². The third-order valence-corrected chi connectivity index (χ3v) is 8.44. The van der Waals surface area contributed by atoms with Crippen LogP contribution < -0.4 is 5.32 Å². The molecule has 3 rings (SSSR count). The summed E-state index contributed by atoms with van der Waals surface area (Å²) in [4.78, 5) is 29.2. The number of hydrogen-bond acceptors (Lipinski definition) is 5. The van der Waals surface area contributed by atoms with Gasteiger partial charge in [0.25, 0.3) is 0 Å². The van der Waals surface area contributed by atoms with Gasteiger partial charge in [-0.1, -0.05) is 13.0 Å². The van der Waals surface area contributed by atoms with Crippen LogP contribution in [0.1, 0.15) is 37.3 Å². The Labute approximate surface area is 192 Å². The maximum absolute atomic E-state index is 13.0. The molecule has 0 atom stereocenters. The van der Waals surface area contributed by atoms with Crippen molar-refractivity contribution in [3.8, 4) is 0 Å². The Kier molecular flexibility index (Phi) is 8.30. The standard InChI is InChI=1S/C23H36N4O4S/c1-4-9-24-22(28)17-25-12-14-26(15-13-25)23(29)20-7-10-27(11-8-20)32(30,31)21-6-5-18(2)19(3)16-21/h5-6,16,20H,4,7-15,17H2,1-3H3,(H,24,28). The van der Waals surface area contributed by atoms with Gasteiger partial charge in [-0.15, -0.1) is 0 Å². The zero-order valence-electron chi connectivity index (χ0n) is 19.5. The zero-order chi connectivity index (χ0) is 23.3. The van der Waals surface area contributed by atoms with Gasteiger partial charge in [0.1, 0.15) is 0 Å². The third-order valence-electron chi connectivity index (χ3n) is 6.54. The number of piperidine rings is 1. The van der Waals surface area contributed by atoms with Crippen LogP contribution in [0.3, 0.4) is 0 Å². The Bertz CT molecular complexity index is 918. The molecule has 2 aliphatic heterocycles. The molecule has 1 aromatic carbocycles. The smallest absolute Gasteiger partial charge is 0.243 e. The van der Waals surface area contributed by atoms with Gasteiger partial charge >= 0.3 is 0 Å². The average Bonchev–Trinajstić information content (AvgIpc) is 2.79. The first-order valence-electron chi connectivity index (χ1n) is 11.6. The molecule has 8 nitrogen and oxygen atoms in total. The molecular formula is C23H36N4O4S. The van der Waals surface area contributed by atoms with Gasteiger partial charge in [-0.3, -0.25) is 14.5 Å². The van der Waals surface area contributed by atoms with E-state index in [4.69, 9.17) is 0 Å². The van der Waals surface area contributed by atoms with Crippen molar-refractivity contribution in [1.82, 2.24) is 19.4 Å². The van der Waals surface area contributed by atoms with Crippen molar-refractivity contribution in [2.45, 2.75) is 44.9 Å². The molecule has 2 amide bonds. The molecule has 2 saturated heterocycles. The second-order valence-corrected chi connectivity index (χ2v) is 10.8. The van der Waals surface area contributed by atoms with E-state index in [0.29, 0.717) is 70.1 Å². The highest BCUT2D eigenvalue weighted by molar-refractivity contribution is 7.89. The lowest BCUT2D eigenvalue weighted by Gasteiger charge is -2.38. The van der Waals surface area contributed by atoms with E-state index in [2.05, 4.69) is 10.2 Å². The topological polar surface area (TPSA) is 90.0 Å². The number of benzene rings is 1. The summed E-state index contributed by atoms with van der Waals surface area (Å²) in [6.07, 6.45) is 2.00. The van der Waals surface area contributed by atoms with Gasteiger partial charge in [0.15, 0.2) is 0 Å². The molecule has 2 heterocycles. The summed E-state index contributed by atoms with van der Waals surface area (Å²) < 4.78 is 27.5. The summed E-state index contributed by atoms with van der Waals surface area (Å²) in [6.45, 7) is 10.3. The summed E-state index contributed by atoms with van der Waals surface area (Å²) in [7, 11) is -3.54. The minimum atomic E-state index is -3.54. The van der Waals surface area contributed by atoms with E-state index >= 15 is 0 Å². The molecule has 2 fully saturated rings. The highest BCUT2D eigenvalue weighted by Gasteiger charge is 2.34. The summed E-state index contributed by atoms with van der Waals surface area (Å²) in [5.41, 5.74) is 2.02. The normalized spacial score (nSPS) is 19.2. The van der Waals surface area contributed by atoms with E-state index in [1.54, 1.807) is 12.1 Å². The number of amides is 2. The molecule has 1 N–H and O–H groups in total. The number of piperazine rings is 1. The van der Waals surface area contributed by atoms with E-state index < -0.39 is 10.0 Å². The van der Waals surface area contributed by atoms with Crippen LogP contribution in [0.4, 0.5) is 0 Å². The van der Waals surface area contributed by atoms with Crippen LogP contribution in [0.5, 0.6) is 0 Å². The minimum absolute atomic E-state index is 0.0315. The SMILES string of the molecule is CCCNC(=O)CN1CCN(C(=O)C2CCN(S(=O)(=O)c3ccc(C)c(C)c3)CC2)CC1. The Morgan fingerprint density at radius 2 is 1.66 bits per heavy atom. The molecule has 0 spiro atoms. The van der Waals surface area contributed by atoms with Crippen LogP contribution in [0.25, 0.3) is 0 Å². The molecule has 0 radical (unpaired) electrons. The molecule has 0 saturated carbocycles. The first-order chi connectivity index (χ1) is 15.2. The molecule has 0 aromatic heterocycles. The number of aryl methyl sites for hydroxylation is 2. The van der Waals surface area contributed by atoms with Gasteiger partial charge in [-0.05, 0) is 56.4 Å². The lowest BCUT2D eigenvalue weighted by molar-refractivity contribution is -0.138. The summed E-state index contributed by atoms with van der Waals surface area (Å²) in [5, 5.41) is 2.88. The number of nitrogens with zero attached hydrogens (tertiary/aromatic N) is 3. The molecule has 2 aliphatic rings. The fourth-order valence-electron chi connectivity index (χ4n) is 4.27. The van der Waals surface area contributed by atoms with Crippen LogP contribution in [0.15, 0.2) is 23.1 Å². The highest BCUT2D eigenvalue weighted by Crippen LogP contribution is 2.26. The first-order valence-corrected chi connectivity index (χ1v) is 13.0. The molecule has 178 valence electrons. The molecular weight excluding hydrogens is 428 g/mol. The lowest BCUT2D eigenvalue weighted by atomic mass is 9.96. The Morgan fingerprint density at radius 1 is 1.00 bits per heavy atom. The number of nitrogens with one attached hydrogen (secondary N) is 1. The Hall–Kier alpha value is -1.97. The number of hydrogen-bond donors (Lipinski definition) is 1. The van der Waals surface area contributed by atoms with Crippen molar-refractivity contribution in [2.75, 3.05) is 52.4 Å². The van der Waals surface area contributed by atoms with Gasteiger partial charge in [-0.2, -0.15) is 4.31 Å². The number of sulfonamides is 1. The zero-order valence-corrected chi connectivity index (χ0v) is 20.3. The van der Waals surface area contributed by atoms with Crippen LogP contribution in [0.2, 0.25) is 0 Å². The van der Waals surface area contributed by atoms with Gasteiger partial charge in [0.2, 0.25) is 21.8 Å². The summed E-state index contributed by atoms with van der Waals surface area (Å²) in [5.74, 6) is 0.00731. The van der Waals surface area contributed by atoms with Crippen LogP contribution in [-0.2, 0) is 19.6 Å². The van der Waals surface area contributed by atoms with Crippen LogP contribution in [-0.4, -0.2) is 86.7 Å². The molecule has 0 aliphatic carbocycles. The van der Waals surface area contributed by atoms with Crippen molar-refractivity contribution < 1.29 is 18.0 Å². The van der Waals surface area contributed by atoms with Crippen LogP contribution in [0, 0.1) is 19.8 Å². The van der Waals surface area contributed by atoms with E-state index in [9.17, 15) is 18.0 Å². The number of carbonyl (C=O) groups excluding carboxylic acids is 2. The predicted molar refractivity (Wildman–Crippen MR) is 124 cm³/mol. The van der Waals surface area contributed by atoms with E-state index in [1.807, 2.05) is 31.7 Å². The van der Waals surface area contributed by atoms with Crippen LogP contribution >= 0.6 is 0 Å². The van der Waals surface area contributed by atoms with Crippen molar-refractivity contribution >= 4 is 21.8 Å². The predicted octanol–water partition coefficient (Wildman–Crippen LogP) is 1.37. The fourth-order valence-corrected chi connectivity index (χ4v) is 5.83. The molecule has 0 bridgehead atoms. The van der Waals surface area contributed by atoms with Crippen molar-refractivity contribution in [3.63, 3.8) is 0 Å². The number of rotatable bonds is 7. The average molecular weight is 465 g/mol. The van der Waals surface area contributed by atoms with Gasteiger partial charge in [0, 0.05) is 51.7 Å². The molecule has 9 heteroatoms. The molecule has 32 heavy (non-hydrogen) atoms. The lowest BCUT2D eigenvalue weighted by Crippen LogP contribution is -2.53. The first kappa shape index (κ1) is 24.7. The minimum Gasteiger partial charge on any atom is -0.355 e. The Morgan fingerprint density at radius 3 is 2.25 bits per heavy atom. The second-order valence-electron chi connectivity index (χ2n) is 8.88. The number of carbonyl (C=O) groups is 2. The summed E-state index contributed by atoms with van der Waals surface area (Å²) in [6, 6.07) is 5.23. The van der Waals surface area contributed by atoms with Crippen molar-refractivity contribution in [1.29, 1.82) is 0 Å². The largest absolute Gasteiger partial charge is 0.355 e. The second kappa shape index (κ2) is 10.8. The maximum Gasteiger partial charge on any atom is 0.243 e. The fraction of sp³-hybridized carbons (Fsp3) is 0.652. The molecule has 0 unspecified atom stereocenters. The van der Waals surface area contributed by atoms with Crippen molar-refractivity contribution in [2.24, 2.45) is 5.92 Å². The quantitative estimate of drug-likeness (QED) is 0.658. The third kappa shape index (κ3) is 5.88. The van der Waals surface area contributed by atoms with E-state index in [1.165, 1.54) is 4.31 Å². The monoisotopic (exact) mass is 464 g/mol. The van der Waals surface area contributed by atoms with E-state index in [-0.39, 0.29) is 17.7 Å². The van der Waals surface area contributed by atoms with E-state index in [0.717, 1.165) is 17.5 Å². The van der Waals surface area contributed by atoms with Gasteiger partial charge < -0.3 is 10.2 Å². The Balaban J connectivity index is 1.48. The summed E-state index contributed by atoms with van der Waals surface area (Å²) >= 11 is 0. The van der Waals surface area contributed by atoms with Gasteiger partial charge in [-0.25, -0.2) is 8.42 Å². The maximum atomic E-state index is 13.0. The highest BCUT2D eigenvalue weighted by atomic mass is 32.2. The molecule has 1 aromatic rings.